The van der Waals surface area contributed by atoms with E-state index < -0.39 is 11.6 Å². The molecule has 0 radical (unpaired) electrons. The normalized spacial score (nSPS) is 11.0. The molecule has 1 N–H and O–H groups in total. The predicted molar refractivity (Wildman–Crippen MR) is 91.4 cm³/mol. The Morgan fingerprint density at radius 2 is 1.83 bits per heavy atom. The standard InChI is InChI=1S/C19H18F2N2O/c1-4-23-12(3)11(2)15-9-13(5-8-18(15)23)19(24)22-14-6-7-16(20)17(21)10-14/h5-10H,4H2,1-3H3,(H,22,24). The summed E-state index contributed by atoms with van der Waals surface area (Å²) in [5, 5.41) is 3.61. The van der Waals surface area contributed by atoms with Gasteiger partial charge in [-0.2, -0.15) is 0 Å². The fraction of sp³-hybridized carbons (Fsp3) is 0.211. The first kappa shape index (κ1) is 16.2. The van der Waals surface area contributed by atoms with Crippen molar-refractivity contribution < 1.29 is 13.6 Å². The van der Waals surface area contributed by atoms with Gasteiger partial charge in [-0.25, -0.2) is 8.78 Å². The number of hydrogen-bond donors (Lipinski definition) is 1. The van der Waals surface area contributed by atoms with Gasteiger partial charge in [0.2, 0.25) is 0 Å². The van der Waals surface area contributed by atoms with Crippen LogP contribution in [0.4, 0.5) is 14.5 Å². The molecule has 0 spiro atoms. The number of carbonyl (C=O) groups is 1. The van der Waals surface area contributed by atoms with Crippen molar-refractivity contribution >= 4 is 22.5 Å². The number of carbonyl (C=O) groups excluding carboxylic acids is 1. The lowest BCUT2D eigenvalue weighted by atomic mass is 10.1. The highest BCUT2D eigenvalue weighted by atomic mass is 19.2. The van der Waals surface area contributed by atoms with Crippen molar-refractivity contribution in [2.45, 2.75) is 27.3 Å². The van der Waals surface area contributed by atoms with Gasteiger partial charge in [0.25, 0.3) is 5.91 Å². The van der Waals surface area contributed by atoms with Crippen LogP contribution in [0.3, 0.4) is 0 Å². The molecule has 1 aromatic heterocycles. The van der Waals surface area contributed by atoms with Crippen LogP contribution in [-0.2, 0) is 6.54 Å². The summed E-state index contributed by atoms with van der Waals surface area (Å²) >= 11 is 0. The van der Waals surface area contributed by atoms with E-state index in [1.807, 2.05) is 19.1 Å². The first-order chi connectivity index (χ1) is 11.4. The molecule has 0 aliphatic heterocycles. The second-order valence-electron chi connectivity index (χ2n) is 5.77. The van der Waals surface area contributed by atoms with Gasteiger partial charge in [0.05, 0.1) is 0 Å². The number of hydrogen-bond acceptors (Lipinski definition) is 1. The van der Waals surface area contributed by atoms with Crippen molar-refractivity contribution in [2.24, 2.45) is 0 Å². The number of rotatable bonds is 3. The van der Waals surface area contributed by atoms with E-state index in [2.05, 4.69) is 23.7 Å². The van der Waals surface area contributed by atoms with Crippen molar-refractivity contribution in [3.05, 3.63) is 64.9 Å². The summed E-state index contributed by atoms with van der Waals surface area (Å²) in [6.45, 7) is 7.02. The number of halogens is 2. The van der Waals surface area contributed by atoms with Gasteiger partial charge in [-0.1, -0.05) is 0 Å². The molecule has 3 nitrogen and oxygen atoms in total. The molecule has 1 amide bonds. The van der Waals surface area contributed by atoms with Crippen LogP contribution in [0.1, 0.15) is 28.5 Å². The van der Waals surface area contributed by atoms with E-state index in [0.717, 1.165) is 35.1 Å². The first-order valence-electron chi connectivity index (χ1n) is 7.78. The maximum atomic E-state index is 13.3. The summed E-state index contributed by atoms with van der Waals surface area (Å²) in [4.78, 5) is 12.4. The average Bonchev–Trinajstić information content (AvgIpc) is 2.81. The average molecular weight is 328 g/mol. The number of fused-ring (bicyclic) bond motifs is 1. The lowest BCUT2D eigenvalue weighted by molar-refractivity contribution is 0.102. The van der Waals surface area contributed by atoms with Crippen LogP contribution >= 0.6 is 0 Å². The van der Waals surface area contributed by atoms with Gasteiger partial charge in [0.1, 0.15) is 0 Å². The Morgan fingerprint density at radius 3 is 2.50 bits per heavy atom. The van der Waals surface area contributed by atoms with Crippen molar-refractivity contribution in [1.29, 1.82) is 0 Å². The zero-order valence-electron chi connectivity index (χ0n) is 13.8. The summed E-state index contributed by atoms with van der Waals surface area (Å²) in [6, 6.07) is 8.77. The minimum atomic E-state index is -0.991. The minimum Gasteiger partial charge on any atom is -0.345 e. The summed E-state index contributed by atoms with van der Waals surface area (Å²) in [5.41, 5.74) is 4.08. The van der Waals surface area contributed by atoms with Crippen molar-refractivity contribution in [1.82, 2.24) is 4.57 Å². The molecule has 0 saturated heterocycles. The van der Waals surface area contributed by atoms with Crippen LogP contribution in [0.15, 0.2) is 36.4 Å². The fourth-order valence-corrected chi connectivity index (χ4v) is 2.98. The van der Waals surface area contributed by atoms with Gasteiger partial charge in [-0.15, -0.1) is 0 Å². The predicted octanol–water partition coefficient (Wildman–Crippen LogP) is 4.81. The summed E-state index contributed by atoms with van der Waals surface area (Å²) in [6.07, 6.45) is 0. The van der Waals surface area contributed by atoms with Gasteiger partial charge in [-0.05, 0) is 56.7 Å². The van der Waals surface area contributed by atoms with E-state index in [9.17, 15) is 13.6 Å². The number of nitrogens with zero attached hydrogens (tertiary/aromatic N) is 1. The van der Waals surface area contributed by atoms with Crippen LogP contribution < -0.4 is 5.32 Å². The molecule has 0 unspecified atom stereocenters. The highest BCUT2D eigenvalue weighted by Crippen LogP contribution is 2.26. The Bertz CT molecular complexity index is 944. The van der Waals surface area contributed by atoms with Crippen LogP contribution in [0.2, 0.25) is 0 Å². The van der Waals surface area contributed by atoms with E-state index in [4.69, 9.17) is 0 Å². The quantitative estimate of drug-likeness (QED) is 0.735. The lowest BCUT2D eigenvalue weighted by Gasteiger charge is -2.07. The molecule has 24 heavy (non-hydrogen) atoms. The third-order valence-corrected chi connectivity index (χ3v) is 4.39. The van der Waals surface area contributed by atoms with E-state index >= 15 is 0 Å². The molecule has 3 rings (SSSR count). The third kappa shape index (κ3) is 2.66. The third-order valence-electron chi connectivity index (χ3n) is 4.39. The molecule has 1 heterocycles. The topological polar surface area (TPSA) is 34.0 Å². The highest BCUT2D eigenvalue weighted by molar-refractivity contribution is 6.06. The Kier molecular flexibility index (Phi) is 4.09. The summed E-state index contributed by atoms with van der Waals surface area (Å²) < 4.78 is 28.4. The highest BCUT2D eigenvalue weighted by Gasteiger charge is 2.14. The number of nitrogens with one attached hydrogen (secondary N) is 1. The molecular weight excluding hydrogens is 310 g/mol. The SMILES string of the molecule is CCn1c(C)c(C)c2cc(C(=O)Nc3ccc(F)c(F)c3)ccc21. The maximum Gasteiger partial charge on any atom is 0.255 e. The van der Waals surface area contributed by atoms with Crippen LogP contribution in [0, 0.1) is 25.5 Å². The lowest BCUT2D eigenvalue weighted by Crippen LogP contribution is -2.12. The molecule has 0 aliphatic carbocycles. The molecular formula is C19H18F2N2O. The fourth-order valence-electron chi connectivity index (χ4n) is 2.98. The van der Waals surface area contributed by atoms with Gasteiger partial charge in [0, 0.05) is 40.5 Å². The van der Waals surface area contributed by atoms with E-state index in [-0.39, 0.29) is 11.6 Å². The molecule has 0 bridgehead atoms. The van der Waals surface area contributed by atoms with Gasteiger partial charge >= 0.3 is 0 Å². The van der Waals surface area contributed by atoms with Gasteiger partial charge in [-0.3, -0.25) is 4.79 Å². The largest absolute Gasteiger partial charge is 0.345 e. The maximum absolute atomic E-state index is 13.3. The van der Waals surface area contributed by atoms with Crippen LogP contribution in [-0.4, -0.2) is 10.5 Å². The smallest absolute Gasteiger partial charge is 0.255 e. The molecule has 5 heteroatoms. The van der Waals surface area contributed by atoms with E-state index in [0.29, 0.717) is 5.56 Å². The van der Waals surface area contributed by atoms with Crippen molar-refractivity contribution in [2.75, 3.05) is 5.32 Å². The first-order valence-corrected chi connectivity index (χ1v) is 7.78. The zero-order valence-corrected chi connectivity index (χ0v) is 13.8. The van der Waals surface area contributed by atoms with Crippen molar-refractivity contribution in [3.8, 4) is 0 Å². The Morgan fingerprint density at radius 1 is 1.08 bits per heavy atom. The molecule has 0 fully saturated rings. The second kappa shape index (κ2) is 6.07. The number of anilines is 1. The Hall–Kier alpha value is -2.69. The van der Waals surface area contributed by atoms with E-state index in [1.165, 1.54) is 11.8 Å². The second-order valence-corrected chi connectivity index (χ2v) is 5.77. The Labute approximate surface area is 138 Å². The number of aromatic nitrogens is 1. The minimum absolute atomic E-state index is 0.220. The number of benzene rings is 2. The molecule has 3 aromatic rings. The molecule has 0 saturated carbocycles. The number of amides is 1. The van der Waals surface area contributed by atoms with Gasteiger partial charge in [0.15, 0.2) is 11.6 Å². The molecule has 2 aromatic carbocycles. The van der Waals surface area contributed by atoms with Crippen LogP contribution in [0.5, 0.6) is 0 Å². The van der Waals surface area contributed by atoms with Crippen molar-refractivity contribution in [3.63, 3.8) is 0 Å². The monoisotopic (exact) mass is 328 g/mol. The summed E-state index contributed by atoms with van der Waals surface area (Å²) in [7, 11) is 0. The van der Waals surface area contributed by atoms with Crippen LogP contribution in [0.25, 0.3) is 10.9 Å². The zero-order chi connectivity index (χ0) is 17.4. The summed E-state index contributed by atoms with van der Waals surface area (Å²) in [5.74, 6) is -2.29. The molecule has 124 valence electrons. The molecule has 0 aliphatic rings. The number of aryl methyl sites for hydroxylation is 2. The van der Waals surface area contributed by atoms with E-state index in [1.54, 1.807) is 6.07 Å². The van der Waals surface area contributed by atoms with Gasteiger partial charge < -0.3 is 9.88 Å². The Balaban J connectivity index is 1.95. The molecule has 0 atom stereocenters.